The molecular formula is C35H56O6. The third-order valence-electron chi connectivity index (χ3n) is 14.4. The molecule has 7 unspecified atom stereocenters. The van der Waals surface area contributed by atoms with Crippen LogP contribution in [0.1, 0.15) is 113 Å². The SMILES string of the molecule is CC1O[C@@H](C(O)[C@@]23CCC4C(=CCC5[C@@]4(C)CCC4C(C)(C)C(=O)CC[C@@]45C)C2CC(C)(C)CC3)[C@@H](O)C(O)[C@H]1O. The summed E-state index contributed by atoms with van der Waals surface area (Å²) in [4.78, 5) is 13.0. The van der Waals surface area contributed by atoms with E-state index in [2.05, 4.69) is 47.6 Å². The molecule has 0 radical (unpaired) electrons. The monoisotopic (exact) mass is 572 g/mol. The second-order valence-electron chi connectivity index (χ2n) is 17.2. The second-order valence-corrected chi connectivity index (χ2v) is 17.2. The lowest BCUT2D eigenvalue weighted by molar-refractivity contribution is -0.262. The molecule has 0 amide bonds. The molecule has 4 N–H and O–H groups in total. The smallest absolute Gasteiger partial charge is 0.138 e. The number of ketones is 1. The highest BCUT2D eigenvalue weighted by atomic mass is 16.5. The number of fused-ring (bicyclic) bond motifs is 7. The number of carbonyl (C=O) groups excluding carboxylic acids is 1. The molecule has 5 aliphatic carbocycles. The van der Waals surface area contributed by atoms with Crippen LogP contribution in [-0.4, -0.2) is 62.8 Å². The summed E-state index contributed by atoms with van der Waals surface area (Å²) in [6.07, 6.45) is 5.97. The first kappa shape index (κ1) is 30.2. The standard InChI is InChI=1S/C35H56O6/c1-19-26(37)27(38)28(39)29(41-19)30(40)35-15-10-21-20(22(35)18-31(2,3)16-17-35)8-9-24-33(21,6)13-11-23-32(4,5)25(36)12-14-34(23,24)7/h8,19,21-24,26-30,37-40H,9-18H2,1-7H3/t19?,21?,22?,23?,24?,26-,27?,28-,29+,30?,33-,34-,35+/m0/s1. The molecule has 0 aromatic heterocycles. The van der Waals surface area contributed by atoms with Gasteiger partial charge in [0.15, 0.2) is 0 Å². The van der Waals surface area contributed by atoms with Crippen LogP contribution in [0.25, 0.3) is 0 Å². The second kappa shape index (κ2) is 9.60. The molecule has 0 spiro atoms. The van der Waals surface area contributed by atoms with Gasteiger partial charge in [-0.25, -0.2) is 0 Å². The molecule has 1 saturated heterocycles. The Bertz CT molecular complexity index is 1100. The molecule has 5 fully saturated rings. The lowest BCUT2D eigenvalue weighted by atomic mass is 9.37. The van der Waals surface area contributed by atoms with Crippen molar-refractivity contribution in [3.63, 3.8) is 0 Å². The summed E-state index contributed by atoms with van der Waals surface area (Å²) in [6.45, 7) is 15.8. The maximum atomic E-state index is 13.0. The summed E-state index contributed by atoms with van der Waals surface area (Å²) in [7, 11) is 0. The predicted octanol–water partition coefficient (Wildman–Crippen LogP) is 5.20. The van der Waals surface area contributed by atoms with Gasteiger partial charge in [0.1, 0.15) is 30.2 Å². The fourth-order valence-corrected chi connectivity index (χ4v) is 11.9. The molecule has 232 valence electrons. The Labute approximate surface area is 247 Å². The summed E-state index contributed by atoms with van der Waals surface area (Å²) >= 11 is 0. The molecule has 0 bridgehead atoms. The Kier molecular flexibility index (Phi) is 7.08. The van der Waals surface area contributed by atoms with E-state index in [1.54, 1.807) is 6.92 Å². The number of aliphatic hydroxyl groups excluding tert-OH is 4. The first-order valence-electron chi connectivity index (χ1n) is 16.6. The van der Waals surface area contributed by atoms with E-state index in [0.717, 1.165) is 57.8 Å². The van der Waals surface area contributed by atoms with E-state index in [0.29, 0.717) is 30.0 Å². The predicted molar refractivity (Wildman–Crippen MR) is 158 cm³/mol. The van der Waals surface area contributed by atoms with Crippen LogP contribution in [0.3, 0.4) is 0 Å². The van der Waals surface area contributed by atoms with E-state index in [1.165, 1.54) is 5.57 Å². The van der Waals surface area contributed by atoms with E-state index in [1.807, 2.05) is 0 Å². The van der Waals surface area contributed by atoms with Crippen molar-refractivity contribution in [3.05, 3.63) is 11.6 Å². The molecule has 6 rings (SSSR count). The van der Waals surface area contributed by atoms with Gasteiger partial charge in [0.05, 0.1) is 12.2 Å². The van der Waals surface area contributed by atoms with Gasteiger partial charge in [0, 0.05) is 17.3 Å². The highest BCUT2D eigenvalue weighted by Gasteiger charge is 2.66. The number of aliphatic hydroxyl groups is 4. The normalized spacial score (nSPS) is 53.2. The van der Waals surface area contributed by atoms with Crippen molar-refractivity contribution in [2.75, 3.05) is 0 Å². The highest BCUT2D eigenvalue weighted by molar-refractivity contribution is 5.85. The molecule has 6 aliphatic rings. The van der Waals surface area contributed by atoms with Gasteiger partial charge < -0.3 is 25.2 Å². The quantitative estimate of drug-likeness (QED) is 0.339. The van der Waals surface area contributed by atoms with Gasteiger partial charge in [-0.2, -0.15) is 0 Å². The van der Waals surface area contributed by atoms with Crippen molar-refractivity contribution in [2.45, 2.75) is 149 Å². The van der Waals surface area contributed by atoms with Crippen LogP contribution in [0.2, 0.25) is 0 Å². The van der Waals surface area contributed by atoms with Crippen LogP contribution >= 0.6 is 0 Å². The molecule has 0 aromatic rings. The number of carbonyl (C=O) groups is 1. The summed E-state index contributed by atoms with van der Waals surface area (Å²) in [6, 6.07) is 0. The Hall–Kier alpha value is -0.790. The van der Waals surface area contributed by atoms with Crippen molar-refractivity contribution < 1.29 is 30.0 Å². The zero-order valence-corrected chi connectivity index (χ0v) is 26.5. The molecule has 1 aliphatic heterocycles. The van der Waals surface area contributed by atoms with E-state index in [-0.39, 0.29) is 27.6 Å². The minimum Gasteiger partial charge on any atom is -0.390 e. The van der Waals surface area contributed by atoms with Crippen LogP contribution in [-0.2, 0) is 9.53 Å². The van der Waals surface area contributed by atoms with E-state index in [9.17, 15) is 25.2 Å². The molecule has 6 heteroatoms. The summed E-state index contributed by atoms with van der Waals surface area (Å²) in [5.41, 5.74) is 1.32. The topological polar surface area (TPSA) is 107 Å². The number of ether oxygens (including phenoxy) is 1. The zero-order valence-electron chi connectivity index (χ0n) is 26.5. The molecule has 0 aromatic carbocycles. The van der Waals surface area contributed by atoms with Crippen LogP contribution < -0.4 is 0 Å². The number of allylic oxidation sites excluding steroid dienone is 2. The van der Waals surface area contributed by atoms with Crippen LogP contribution in [0, 0.1) is 50.7 Å². The number of Topliss-reactive ketones (excluding diaryl/α,β-unsaturated/α-hetero) is 1. The van der Waals surface area contributed by atoms with Gasteiger partial charge in [-0.3, -0.25) is 4.79 Å². The van der Waals surface area contributed by atoms with Gasteiger partial charge in [-0.05, 0) is 105 Å². The minimum absolute atomic E-state index is 0.152. The van der Waals surface area contributed by atoms with Gasteiger partial charge >= 0.3 is 0 Å². The minimum atomic E-state index is -1.33. The first-order chi connectivity index (χ1) is 19.0. The maximum Gasteiger partial charge on any atom is 0.138 e. The average molecular weight is 573 g/mol. The molecule has 4 saturated carbocycles. The van der Waals surface area contributed by atoms with Gasteiger partial charge in [-0.15, -0.1) is 0 Å². The van der Waals surface area contributed by atoms with Crippen molar-refractivity contribution in [1.82, 2.24) is 0 Å². The van der Waals surface area contributed by atoms with Crippen molar-refractivity contribution in [3.8, 4) is 0 Å². The molecule has 13 atom stereocenters. The zero-order chi connectivity index (χ0) is 29.9. The molecule has 41 heavy (non-hydrogen) atoms. The van der Waals surface area contributed by atoms with E-state index < -0.39 is 42.0 Å². The maximum absolute atomic E-state index is 13.0. The Balaban J connectivity index is 1.37. The van der Waals surface area contributed by atoms with Crippen molar-refractivity contribution in [1.29, 1.82) is 0 Å². The Morgan fingerprint density at radius 3 is 2.24 bits per heavy atom. The summed E-state index contributed by atoms with van der Waals surface area (Å²) in [5.74, 6) is 2.07. The lowest BCUT2D eigenvalue weighted by Gasteiger charge is -2.68. The van der Waals surface area contributed by atoms with Gasteiger partial charge in [0.2, 0.25) is 0 Å². The summed E-state index contributed by atoms with van der Waals surface area (Å²) in [5, 5.41) is 44.1. The van der Waals surface area contributed by atoms with Crippen molar-refractivity contribution in [2.24, 2.45) is 50.7 Å². The number of hydrogen-bond donors (Lipinski definition) is 4. The molecule has 6 nitrogen and oxygen atoms in total. The highest BCUT2D eigenvalue weighted by Crippen LogP contribution is 2.72. The molecule has 1 heterocycles. The third-order valence-corrected chi connectivity index (χ3v) is 14.4. The van der Waals surface area contributed by atoms with E-state index >= 15 is 0 Å². The van der Waals surface area contributed by atoms with Crippen molar-refractivity contribution >= 4 is 5.78 Å². The van der Waals surface area contributed by atoms with Crippen LogP contribution in [0.4, 0.5) is 0 Å². The van der Waals surface area contributed by atoms with Crippen LogP contribution in [0.5, 0.6) is 0 Å². The van der Waals surface area contributed by atoms with E-state index in [4.69, 9.17) is 4.74 Å². The number of hydrogen-bond acceptors (Lipinski definition) is 6. The van der Waals surface area contributed by atoms with Gasteiger partial charge in [0.25, 0.3) is 0 Å². The fourth-order valence-electron chi connectivity index (χ4n) is 11.9. The molecular weight excluding hydrogens is 516 g/mol. The average Bonchev–Trinajstić information content (AvgIpc) is 2.90. The lowest BCUT2D eigenvalue weighted by Crippen LogP contribution is -2.66. The van der Waals surface area contributed by atoms with Gasteiger partial charge in [-0.1, -0.05) is 53.2 Å². The number of rotatable bonds is 2. The Morgan fingerprint density at radius 1 is 0.829 bits per heavy atom. The largest absolute Gasteiger partial charge is 0.390 e. The Morgan fingerprint density at radius 2 is 1.54 bits per heavy atom. The fraction of sp³-hybridized carbons (Fsp3) is 0.914. The van der Waals surface area contributed by atoms with Crippen LogP contribution in [0.15, 0.2) is 11.6 Å². The first-order valence-corrected chi connectivity index (χ1v) is 16.6. The summed E-state index contributed by atoms with van der Waals surface area (Å²) < 4.78 is 6.08. The third kappa shape index (κ3) is 4.16.